The number of carbonyl (C=O) groups excluding carboxylic acids is 3. The number of aryl methyl sites for hydroxylation is 9. The SMILES string of the molecule is C.C.C1=CC2=C(C1)CCCC2.C1=CC2=C(C1)CCCC2.C1=CC2=C(CC1)CCC2.C1=CC2=C(CC=C2)CC1.O=C1CC=CC2=C1CC=C2.O=C1CC=CC2=C1CCC2.O=C1CCCC2=C1CC=C2.O=c1cccc2n1CCC2.c1cc2c(s1)CCCC2.c1ccc2c(c1)CCC2.c1ccc2c(c1)CCCC2.c1cnc2c(c1)CCC2. The third kappa shape index (κ3) is 25.8. The second kappa shape index (κ2) is 46.7. The Morgan fingerprint density at radius 3 is 1.37 bits per heavy atom. The van der Waals surface area contributed by atoms with Gasteiger partial charge in [0.1, 0.15) is 0 Å². The molecule has 0 fully saturated rings. The number of pyridine rings is 2. The molecule has 18 aliphatic carbocycles. The van der Waals surface area contributed by atoms with Crippen LogP contribution in [0.2, 0.25) is 0 Å². The van der Waals surface area contributed by atoms with Gasteiger partial charge in [0.05, 0.1) is 0 Å². The fraction of sp³-hybridized carbons (Fsp3) is 0.435. The summed E-state index contributed by atoms with van der Waals surface area (Å²) in [5, 5.41) is 2.22. The Kier molecular flexibility index (Phi) is 35.3. The summed E-state index contributed by atoms with van der Waals surface area (Å²) in [7, 11) is 0. The van der Waals surface area contributed by atoms with E-state index in [0.717, 1.165) is 86.6 Å². The van der Waals surface area contributed by atoms with Gasteiger partial charge in [0, 0.05) is 65.5 Å². The van der Waals surface area contributed by atoms with E-state index in [4.69, 9.17) is 0 Å². The van der Waals surface area contributed by atoms with Crippen molar-refractivity contribution in [2.75, 3.05) is 0 Å². The van der Waals surface area contributed by atoms with Gasteiger partial charge < -0.3 is 4.57 Å². The quantitative estimate of drug-likeness (QED) is 0.154. The van der Waals surface area contributed by atoms with Gasteiger partial charge in [-0.1, -0.05) is 207 Å². The highest BCUT2D eigenvalue weighted by molar-refractivity contribution is 7.10. The molecule has 0 radical (unpaired) electrons. The maximum Gasteiger partial charge on any atom is 0.250 e. The first-order chi connectivity index (χ1) is 55.7. The van der Waals surface area contributed by atoms with Gasteiger partial charge in [-0.15, -0.1) is 11.3 Å². The normalized spacial score (nSPS) is 20.3. The van der Waals surface area contributed by atoms with Crippen molar-refractivity contribution in [3.8, 4) is 0 Å². The number of thiophene rings is 1. The molecule has 7 heteroatoms. The van der Waals surface area contributed by atoms with Gasteiger partial charge in [0.15, 0.2) is 17.3 Å². The van der Waals surface area contributed by atoms with Crippen molar-refractivity contribution >= 4 is 28.7 Å². The van der Waals surface area contributed by atoms with Crippen LogP contribution in [0.5, 0.6) is 0 Å². The minimum absolute atomic E-state index is 0. The summed E-state index contributed by atoms with van der Waals surface area (Å²) in [6.45, 7) is 0.912. The lowest BCUT2D eigenvalue weighted by atomic mass is 9.92. The van der Waals surface area contributed by atoms with Crippen molar-refractivity contribution in [3.05, 3.63) is 344 Å². The topological polar surface area (TPSA) is 86.1 Å². The molecule has 6 nitrogen and oxygen atoms in total. The summed E-state index contributed by atoms with van der Waals surface area (Å²) < 4.78 is 1.85. The van der Waals surface area contributed by atoms with Gasteiger partial charge in [-0.3, -0.25) is 24.2 Å². The molecule has 0 saturated heterocycles. The molecular weight excluding hydrogens is 1420 g/mol. The second-order valence-corrected chi connectivity index (χ2v) is 34.0. The number of Topliss-reactive ketones (excluding diaryl/α,β-unsaturated/α-hetero) is 3. The number of benzene rings is 2. The van der Waals surface area contributed by atoms with E-state index in [1.165, 1.54) is 246 Å². The smallest absolute Gasteiger partial charge is 0.250 e. The molecular formula is C108H132N2O4S. The van der Waals surface area contributed by atoms with Crippen LogP contribution in [0.25, 0.3) is 0 Å². The number of nitrogens with zero attached hydrogens (tertiary/aromatic N) is 2. The highest BCUT2D eigenvalue weighted by atomic mass is 32.1. The molecule has 604 valence electrons. The van der Waals surface area contributed by atoms with Crippen LogP contribution in [0.1, 0.15) is 289 Å². The van der Waals surface area contributed by atoms with E-state index in [1.807, 2.05) is 70.7 Å². The highest BCUT2D eigenvalue weighted by Gasteiger charge is 2.24. The number of ketones is 3. The molecule has 0 unspecified atom stereocenters. The van der Waals surface area contributed by atoms with Crippen molar-refractivity contribution in [3.63, 3.8) is 0 Å². The monoisotopic (exact) mass is 1550 g/mol. The predicted molar refractivity (Wildman–Crippen MR) is 487 cm³/mol. The van der Waals surface area contributed by atoms with Gasteiger partial charge in [0.2, 0.25) is 0 Å². The molecule has 0 bridgehead atoms. The summed E-state index contributed by atoms with van der Waals surface area (Å²) >= 11 is 1.93. The summed E-state index contributed by atoms with van der Waals surface area (Å²) in [5.74, 6) is 1.03. The maximum absolute atomic E-state index is 11.2. The van der Waals surface area contributed by atoms with Crippen molar-refractivity contribution in [1.82, 2.24) is 9.55 Å². The largest absolute Gasteiger partial charge is 0.313 e. The molecule has 19 aliphatic rings. The number of fused-ring (bicyclic) bond motifs is 5. The first-order valence-electron chi connectivity index (χ1n) is 44.1. The summed E-state index contributed by atoms with van der Waals surface area (Å²) in [4.78, 5) is 50.4. The van der Waals surface area contributed by atoms with E-state index in [0.29, 0.717) is 30.2 Å². The Bertz CT molecular complexity index is 4560. The first kappa shape index (κ1) is 86.9. The van der Waals surface area contributed by atoms with Gasteiger partial charge in [-0.2, -0.15) is 0 Å². The minimum Gasteiger partial charge on any atom is -0.313 e. The van der Waals surface area contributed by atoms with Crippen LogP contribution in [0.4, 0.5) is 0 Å². The summed E-state index contributed by atoms with van der Waals surface area (Å²) in [6.07, 6.45) is 95.3. The molecule has 0 N–H and O–H groups in total. The lowest BCUT2D eigenvalue weighted by Gasteiger charge is -2.13. The molecule has 0 amide bonds. The van der Waals surface area contributed by atoms with E-state index >= 15 is 0 Å². The standard InChI is InChI=1S/C10H12.2C9H10O.C9H8O.3C9H12.2C9H10.C8H9NO.C8H9N.C8H10S.2CH4/c1-2-6-10-8-4-3-7-9(10)5-1;3*10-9-6-2-4-7-3-1-5-8(7)9;5*1-2-5-9-7-3-6-8(9)4-1;10-8-5-1-3-7-4-2-6-9(7)8;1-3-7-4-2-6-9-8(7)5-1;1-2-4-8-7(3-1)5-6-9-8;;/h1-2,5-6H,3-4,7-8H2;2,4H,1,3,5-6H2;1,3H,2,4-6H2;1-4H,5-6H2;2*3,6H,1-2,4-5,7H2;1,4H,2-3,5-7H2;1,3-4,6H,2,5,7H2;1-2,4-5H,3,6-7H2;1,3,5H,2,4,6H2;2,4,6H,1,3,5H2;5-6H,1-4H2;2*1H4. The Morgan fingerprint density at radius 1 is 0.287 bits per heavy atom. The van der Waals surface area contributed by atoms with Crippen molar-refractivity contribution < 1.29 is 14.4 Å². The number of aromatic nitrogens is 2. The van der Waals surface area contributed by atoms with Crippen LogP contribution in [0.3, 0.4) is 0 Å². The van der Waals surface area contributed by atoms with Crippen LogP contribution in [-0.2, 0) is 78.7 Å². The van der Waals surface area contributed by atoms with Crippen LogP contribution >= 0.6 is 11.3 Å². The molecule has 1 aliphatic heterocycles. The molecule has 5 aromatic rings. The minimum atomic E-state index is 0. The zero-order chi connectivity index (χ0) is 77.4. The van der Waals surface area contributed by atoms with Gasteiger partial charge >= 0.3 is 0 Å². The average molecular weight is 1550 g/mol. The van der Waals surface area contributed by atoms with Crippen LogP contribution in [0, 0.1) is 0 Å². The van der Waals surface area contributed by atoms with Gasteiger partial charge in [-0.05, 0) is 365 Å². The number of carbonyl (C=O) groups is 3. The van der Waals surface area contributed by atoms with Crippen molar-refractivity contribution in [2.24, 2.45) is 0 Å². The molecule has 0 atom stereocenters. The summed E-state index contributed by atoms with van der Waals surface area (Å²) in [6, 6.07) is 29.5. The number of rotatable bonds is 0. The molecule has 0 spiro atoms. The van der Waals surface area contributed by atoms with E-state index in [9.17, 15) is 19.2 Å². The predicted octanol–water partition coefficient (Wildman–Crippen LogP) is 27.8. The zero-order valence-electron chi connectivity index (χ0n) is 67.9. The Labute approximate surface area is 695 Å². The Hall–Kier alpha value is -8.91. The average Bonchev–Trinajstić information content (AvgIpc) is 1.71. The van der Waals surface area contributed by atoms with E-state index in [1.54, 1.807) is 77.8 Å². The lowest BCUT2D eigenvalue weighted by Crippen LogP contribution is -2.16. The molecule has 3 aromatic heterocycles. The molecule has 2 aromatic carbocycles. The third-order valence-electron chi connectivity index (χ3n) is 25.3. The molecule has 24 rings (SSSR count). The van der Waals surface area contributed by atoms with Crippen molar-refractivity contribution in [2.45, 2.75) is 304 Å². The van der Waals surface area contributed by atoms with Gasteiger partial charge in [0.25, 0.3) is 5.56 Å². The van der Waals surface area contributed by atoms with Crippen LogP contribution in [0.15, 0.2) is 289 Å². The summed E-state index contributed by atoms with van der Waals surface area (Å²) in [5.41, 5.74) is 32.2. The molecule has 4 heterocycles. The van der Waals surface area contributed by atoms with Crippen molar-refractivity contribution in [1.29, 1.82) is 0 Å². The third-order valence-corrected chi connectivity index (χ3v) is 26.3. The van der Waals surface area contributed by atoms with E-state index in [2.05, 4.69) is 150 Å². The Morgan fingerprint density at radius 2 is 0.739 bits per heavy atom. The number of allylic oxidation sites excluding steroid dienone is 32. The lowest BCUT2D eigenvalue weighted by molar-refractivity contribution is -0.116. The van der Waals surface area contributed by atoms with Gasteiger partial charge in [-0.25, -0.2) is 0 Å². The molecule has 0 saturated carbocycles. The number of hydrogen-bond acceptors (Lipinski definition) is 6. The maximum atomic E-state index is 11.2. The van der Waals surface area contributed by atoms with Crippen LogP contribution in [-0.4, -0.2) is 26.9 Å². The Balaban J connectivity index is 0.000000123. The van der Waals surface area contributed by atoms with Crippen LogP contribution < -0.4 is 5.56 Å². The number of hydrogen-bond donors (Lipinski definition) is 0. The zero-order valence-corrected chi connectivity index (χ0v) is 68.7. The second-order valence-electron chi connectivity index (χ2n) is 33.0. The fourth-order valence-electron chi connectivity index (χ4n) is 19.0. The first-order valence-corrected chi connectivity index (χ1v) is 45.0. The highest BCUT2D eigenvalue weighted by Crippen LogP contribution is 2.37. The molecule has 115 heavy (non-hydrogen) atoms. The van der Waals surface area contributed by atoms with E-state index < -0.39 is 0 Å². The fourth-order valence-corrected chi connectivity index (χ4v) is 19.9. The van der Waals surface area contributed by atoms with E-state index in [-0.39, 0.29) is 20.4 Å².